The molecule has 1 heterocycles. The predicted octanol–water partition coefficient (Wildman–Crippen LogP) is 1.68. The van der Waals surface area contributed by atoms with Crippen molar-refractivity contribution >= 4 is 29.2 Å². The van der Waals surface area contributed by atoms with Crippen molar-refractivity contribution in [3.63, 3.8) is 0 Å². The lowest BCUT2D eigenvalue weighted by Crippen LogP contribution is -2.57. The minimum absolute atomic E-state index is 0.0170. The molecule has 0 aromatic heterocycles. The maximum atomic E-state index is 12.6. The molecule has 2 rings (SSSR count). The molecular weight excluding hydrogens is 316 g/mol. The molecule has 0 aliphatic carbocycles. The van der Waals surface area contributed by atoms with Gasteiger partial charge >= 0.3 is 6.03 Å². The predicted molar refractivity (Wildman–Crippen MR) is 91.6 cm³/mol. The van der Waals surface area contributed by atoms with E-state index < -0.39 is 12.1 Å². The monoisotopic (exact) mass is 338 g/mol. The third-order valence-electron chi connectivity index (χ3n) is 4.01. The summed E-state index contributed by atoms with van der Waals surface area (Å²) in [5.74, 6) is -0.103. The SMILES string of the molecule is CC(C)[C@H](NC(N)=O)C(=O)N1CCN(c2ccccc2Cl)CC1. The van der Waals surface area contributed by atoms with E-state index in [0.29, 0.717) is 31.2 Å². The van der Waals surface area contributed by atoms with E-state index in [0.717, 1.165) is 5.69 Å². The van der Waals surface area contributed by atoms with E-state index in [1.54, 1.807) is 4.90 Å². The van der Waals surface area contributed by atoms with Gasteiger partial charge in [-0.2, -0.15) is 0 Å². The number of carbonyl (C=O) groups is 2. The average molecular weight is 339 g/mol. The fourth-order valence-electron chi connectivity index (χ4n) is 2.74. The molecule has 1 fully saturated rings. The van der Waals surface area contributed by atoms with Crippen molar-refractivity contribution in [2.75, 3.05) is 31.1 Å². The summed E-state index contributed by atoms with van der Waals surface area (Å²) in [5.41, 5.74) is 6.15. The molecule has 1 atom stereocenters. The van der Waals surface area contributed by atoms with Crippen LogP contribution in [0.3, 0.4) is 0 Å². The summed E-state index contributed by atoms with van der Waals surface area (Å²) in [5, 5.41) is 3.25. The van der Waals surface area contributed by atoms with Gasteiger partial charge in [0.1, 0.15) is 6.04 Å². The van der Waals surface area contributed by atoms with Crippen molar-refractivity contribution in [2.24, 2.45) is 11.7 Å². The lowest BCUT2D eigenvalue weighted by molar-refractivity contribution is -0.134. The molecule has 126 valence electrons. The highest BCUT2D eigenvalue weighted by Gasteiger charge is 2.30. The van der Waals surface area contributed by atoms with E-state index >= 15 is 0 Å². The minimum Gasteiger partial charge on any atom is -0.367 e. The minimum atomic E-state index is -0.674. The number of benzene rings is 1. The number of halogens is 1. The van der Waals surface area contributed by atoms with Crippen molar-refractivity contribution in [1.29, 1.82) is 0 Å². The Kier molecular flexibility index (Phi) is 5.71. The number of nitrogens with zero attached hydrogens (tertiary/aromatic N) is 2. The van der Waals surface area contributed by atoms with Gasteiger partial charge in [0.2, 0.25) is 5.91 Å². The Bertz CT molecular complexity index is 571. The fraction of sp³-hybridized carbons (Fsp3) is 0.500. The van der Waals surface area contributed by atoms with Crippen LogP contribution in [-0.2, 0) is 4.79 Å². The van der Waals surface area contributed by atoms with E-state index in [1.807, 2.05) is 38.1 Å². The Balaban J connectivity index is 1.99. The number of urea groups is 1. The second kappa shape index (κ2) is 7.55. The molecule has 6 nitrogen and oxygen atoms in total. The highest BCUT2D eigenvalue weighted by molar-refractivity contribution is 6.33. The summed E-state index contributed by atoms with van der Waals surface area (Å²) >= 11 is 6.22. The van der Waals surface area contributed by atoms with Crippen molar-refractivity contribution in [2.45, 2.75) is 19.9 Å². The lowest BCUT2D eigenvalue weighted by atomic mass is 10.0. The van der Waals surface area contributed by atoms with Crippen LogP contribution in [-0.4, -0.2) is 49.1 Å². The Morgan fingerprint density at radius 3 is 2.30 bits per heavy atom. The van der Waals surface area contributed by atoms with Gasteiger partial charge in [-0.3, -0.25) is 4.79 Å². The molecule has 1 aromatic rings. The molecule has 1 aromatic carbocycles. The molecule has 1 saturated heterocycles. The van der Waals surface area contributed by atoms with Crippen LogP contribution in [0.5, 0.6) is 0 Å². The van der Waals surface area contributed by atoms with Gasteiger partial charge in [-0.05, 0) is 18.1 Å². The third-order valence-corrected chi connectivity index (χ3v) is 4.33. The number of nitrogens with one attached hydrogen (secondary N) is 1. The van der Waals surface area contributed by atoms with Crippen LogP contribution >= 0.6 is 11.6 Å². The van der Waals surface area contributed by atoms with Crippen molar-refractivity contribution in [1.82, 2.24) is 10.2 Å². The first-order chi connectivity index (χ1) is 10.9. The molecule has 3 amide bonds. The van der Waals surface area contributed by atoms with Gasteiger partial charge in [-0.1, -0.05) is 37.6 Å². The molecule has 3 N–H and O–H groups in total. The molecule has 23 heavy (non-hydrogen) atoms. The number of hydrogen-bond acceptors (Lipinski definition) is 3. The maximum Gasteiger partial charge on any atom is 0.312 e. The topological polar surface area (TPSA) is 78.7 Å². The Morgan fingerprint density at radius 1 is 1.17 bits per heavy atom. The number of hydrogen-bond donors (Lipinski definition) is 2. The summed E-state index contributed by atoms with van der Waals surface area (Å²) in [7, 11) is 0. The number of anilines is 1. The van der Waals surface area contributed by atoms with Gasteiger partial charge in [0.15, 0.2) is 0 Å². The molecule has 1 aliphatic rings. The van der Waals surface area contributed by atoms with Crippen LogP contribution in [0.25, 0.3) is 0 Å². The summed E-state index contributed by atoms with van der Waals surface area (Å²) in [6.07, 6.45) is 0. The Labute approximate surface area is 141 Å². The highest BCUT2D eigenvalue weighted by atomic mass is 35.5. The fourth-order valence-corrected chi connectivity index (χ4v) is 2.99. The van der Waals surface area contributed by atoms with Crippen LogP contribution in [0, 0.1) is 5.92 Å². The van der Waals surface area contributed by atoms with Crippen LogP contribution in [0.15, 0.2) is 24.3 Å². The second-order valence-corrected chi connectivity index (χ2v) is 6.40. The van der Waals surface area contributed by atoms with E-state index in [4.69, 9.17) is 17.3 Å². The van der Waals surface area contributed by atoms with Crippen molar-refractivity contribution < 1.29 is 9.59 Å². The number of para-hydroxylation sites is 1. The molecule has 0 spiro atoms. The molecular formula is C16H23ClN4O2. The van der Waals surface area contributed by atoms with Crippen LogP contribution in [0.4, 0.5) is 10.5 Å². The number of carbonyl (C=O) groups excluding carboxylic acids is 2. The largest absolute Gasteiger partial charge is 0.367 e. The Hall–Kier alpha value is -1.95. The zero-order chi connectivity index (χ0) is 17.0. The zero-order valence-electron chi connectivity index (χ0n) is 13.5. The zero-order valence-corrected chi connectivity index (χ0v) is 14.2. The molecule has 0 saturated carbocycles. The summed E-state index contributed by atoms with van der Waals surface area (Å²) in [6.45, 7) is 6.37. The normalized spacial score (nSPS) is 16.3. The first-order valence-corrected chi connectivity index (χ1v) is 8.12. The van der Waals surface area contributed by atoms with Gasteiger partial charge < -0.3 is 20.9 Å². The van der Waals surface area contributed by atoms with Gasteiger partial charge in [-0.25, -0.2) is 4.79 Å². The average Bonchev–Trinajstić information content (AvgIpc) is 2.52. The third kappa shape index (κ3) is 4.28. The van der Waals surface area contributed by atoms with Crippen LogP contribution < -0.4 is 16.0 Å². The smallest absolute Gasteiger partial charge is 0.312 e. The van der Waals surface area contributed by atoms with E-state index in [2.05, 4.69) is 10.2 Å². The molecule has 7 heteroatoms. The number of rotatable bonds is 4. The first-order valence-electron chi connectivity index (χ1n) is 7.74. The van der Waals surface area contributed by atoms with Crippen molar-refractivity contribution in [3.05, 3.63) is 29.3 Å². The Morgan fingerprint density at radius 2 is 1.78 bits per heavy atom. The number of amides is 3. The summed E-state index contributed by atoms with van der Waals surface area (Å²) in [4.78, 5) is 27.6. The van der Waals surface area contributed by atoms with E-state index in [9.17, 15) is 9.59 Å². The summed E-state index contributed by atoms with van der Waals surface area (Å²) in [6, 6.07) is 6.43. The first kappa shape index (κ1) is 17.4. The second-order valence-electron chi connectivity index (χ2n) is 5.99. The maximum absolute atomic E-state index is 12.6. The molecule has 1 aliphatic heterocycles. The molecule has 0 bridgehead atoms. The quantitative estimate of drug-likeness (QED) is 0.876. The number of nitrogens with two attached hydrogens (primary N) is 1. The summed E-state index contributed by atoms with van der Waals surface area (Å²) < 4.78 is 0. The van der Waals surface area contributed by atoms with Gasteiger partial charge in [0.25, 0.3) is 0 Å². The number of piperazine rings is 1. The van der Waals surface area contributed by atoms with Gasteiger partial charge in [0, 0.05) is 26.2 Å². The highest BCUT2D eigenvalue weighted by Crippen LogP contribution is 2.26. The van der Waals surface area contributed by atoms with Gasteiger partial charge in [0.05, 0.1) is 10.7 Å². The molecule has 0 radical (unpaired) electrons. The van der Waals surface area contributed by atoms with Crippen LogP contribution in [0.2, 0.25) is 5.02 Å². The lowest BCUT2D eigenvalue weighted by Gasteiger charge is -2.38. The van der Waals surface area contributed by atoms with E-state index in [1.165, 1.54) is 0 Å². The van der Waals surface area contributed by atoms with Gasteiger partial charge in [-0.15, -0.1) is 0 Å². The van der Waals surface area contributed by atoms with E-state index in [-0.39, 0.29) is 11.8 Å². The molecule has 0 unspecified atom stereocenters. The standard InChI is InChI=1S/C16H23ClN4O2/c1-11(2)14(19-16(18)23)15(22)21-9-7-20(8-10-21)13-6-4-3-5-12(13)17/h3-6,11,14H,7-10H2,1-2H3,(H3,18,19,23)/t14-/m0/s1. The van der Waals surface area contributed by atoms with Crippen LogP contribution in [0.1, 0.15) is 13.8 Å². The number of primary amides is 1. The van der Waals surface area contributed by atoms with Crippen molar-refractivity contribution in [3.8, 4) is 0 Å².